The molecule has 2 rings (SSSR count). The molecule has 1 heterocycles. The smallest absolute Gasteiger partial charge is 0.251 e. The van der Waals surface area contributed by atoms with E-state index in [-0.39, 0.29) is 5.91 Å². The van der Waals surface area contributed by atoms with Crippen LogP contribution in [0.4, 0.5) is 5.69 Å². The Labute approximate surface area is 147 Å². The first-order valence-electron chi connectivity index (χ1n) is 9.42. The summed E-state index contributed by atoms with van der Waals surface area (Å²) in [4.78, 5) is 17.1. The van der Waals surface area contributed by atoms with Crippen molar-refractivity contribution in [3.63, 3.8) is 0 Å². The average Bonchev–Trinajstić information content (AvgIpc) is 2.57. The maximum absolute atomic E-state index is 12.3. The molecular weight excluding hydrogens is 298 g/mol. The van der Waals surface area contributed by atoms with Crippen molar-refractivity contribution in [2.75, 3.05) is 31.1 Å². The van der Waals surface area contributed by atoms with Crippen LogP contribution in [0, 0.1) is 0 Å². The second-order valence-electron chi connectivity index (χ2n) is 7.06. The molecule has 4 heteroatoms. The first-order chi connectivity index (χ1) is 11.5. The Morgan fingerprint density at radius 1 is 1.29 bits per heavy atom. The summed E-state index contributed by atoms with van der Waals surface area (Å²) < 4.78 is 0. The lowest BCUT2D eigenvalue weighted by molar-refractivity contribution is 0.0938. The van der Waals surface area contributed by atoms with Gasteiger partial charge in [0.25, 0.3) is 5.91 Å². The number of benzene rings is 1. The summed E-state index contributed by atoms with van der Waals surface area (Å²) in [6.45, 7) is 12.6. The van der Waals surface area contributed by atoms with E-state index in [1.165, 1.54) is 24.9 Å². The minimum atomic E-state index is 0.0267. The minimum Gasteiger partial charge on any atom is -0.369 e. The fourth-order valence-corrected chi connectivity index (χ4v) is 3.56. The molecule has 1 aromatic rings. The molecule has 1 saturated heterocycles. The van der Waals surface area contributed by atoms with Gasteiger partial charge in [-0.1, -0.05) is 6.42 Å². The summed E-state index contributed by atoms with van der Waals surface area (Å²) in [6, 6.07) is 9.06. The highest BCUT2D eigenvalue weighted by atomic mass is 16.1. The summed E-state index contributed by atoms with van der Waals surface area (Å²) >= 11 is 0. The van der Waals surface area contributed by atoms with E-state index in [2.05, 4.69) is 42.8 Å². The third-order valence-corrected chi connectivity index (χ3v) is 5.05. The maximum Gasteiger partial charge on any atom is 0.251 e. The molecule has 0 saturated carbocycles. The van der Waals surface area contributed by atoms with Crippen LogP contribution in [0.3, 0.4) is 0 Å². The number of hydrogen-bond acceptors (Lipinski definition) is 3. The summed E-state index contributed by atoms with van der Waals surface area (Å²) in [5, 5.41) is 3.06. The third kappa shape index (κ3) is 4.97. The van der Waals surface area contributed by atoms with E-state index in [1.807, 2.05) is 24.3 Å². The van der Waals surface area contributed by atoms with Crippen LogP contribution in [0.2, 0.25) is 0 Å². The van der Waals surface area contributed by atoms with E-state index in [0.29, 0.717) is 12.1 Å². The van der Waals surface area contributed by atoms with Crippen LogP contribution in [0.15, 0.2) is 24.3 Å². The third-order valence-electron chi connectivity index (χ3n) is 5.05. The Hall–Kier alpha value is -1.55. The van der Waals surface area contributed by atoms with Gasteiger partial charge in [0.1, 0.15) is 0 Å². The zero-order valence-electron chi connectivity index (χ0n) is 15.7. The van der Waals surface area contributed by atoms with E-state index in [1.54, 1.807) is 0 Å². The number of hydrogen-bond donors (Lipinski definition) is 1. The minimum absolute atomic E-state index is 0.0267. The SMILES string of the molecule is CCN(c1ccc(C(=O)NCCN2CCCCC2C)cc1)C(C)C. The molecule has 0 aromatic heterocycles. The Morgan fingerprint density at radius 3 is 2.58 bits per heavy atom. The molecule has 0 bridgehead atoms. The number of anilines is 1. The molecule has 1 aliphatic rings. The molecule has 1 unspecified atom stereocenters. The number of carbonyl (C=O) groups is 1. The zero-order chi connectivity index (χ0) is 17.5. The van der Waals surface area contributed by atoms with Gasteiger partial charge in [-0.2, -0.15) is 0 Å². The van der Waals surface area contributed by atoms with E-state index < -0.39 is 0 Å². The highest BCUT2D eigenvalue weighted by molar-refractivity contribution is 5.94. The van der Waals surface area contributed by atoms with Gasteiger partial charge < -0.3 is 10.2 Å². The second-order valence-corrected chi connectivity index (χ2v) is 7.06. The van der Waals surface area contributed by atoms with Crippen molar-refractivity contribution in [1.29, 1.82) is 0 Å². The molecule has 0 aliphatic carbocycles. The first kappa shape index (κ1) is 18.8. The van der Waals surface area contributed by atoms with Gasteiger partial charge in [0.05, 0.1) is 0 Å². The van der Waals surface area contributed by atoms with E-state index in [4.69, 9.17) is 0 Å². The van der Waals surface area contributed by atoms with Crippen molar-refractivity contribution in [3.8, 4) is 0 Å². The summed E-state index contributed by atoms with van der Waals surface area (Å²) in [5.41, 5.74) is 1.91. The molecule has 1 atom stereocenters. The lowest BCUT2D eigenvalue weighted by atomic mass is 10.0. The lowest BCUT2D eigenvalue weighted by Gasteiger charge is -2.33. The molecule has 1 fully saturated rings. The van der Waals surface area contributed by atoms with Gasteiger partial charge in [-0.3, -0.25) is 9.69 Å². The predicted octanol–water partition coefficient (Wildman–Crippen LogP) is 3.53. The summed E-state index contributed by atoms with van der Waals surface area (Å²) in [7, 11) is 0. The Morgan fingerprint density at radius 2 is 2.00 bits per heavy atom. The summed E-state index contributed by atoms with van der Waals surface area (Å²) in [5.74, 6) is 0.0267. The van der Waals surface area contributed by atoms with Crippen LogP contribution in [0.1, 0.15) is 57.3 Å². The van der Waals surface area contributed by atoms with Crippen LogP contribution in [0.25, 0.3) is 0 Å². The fraction of sp³-hybridized carbons (Fsp3) is 0.650. The predicted molar refractivity (Wildman–Crippen MR) is 102 cm³/mol. The molecular formula is C20H33N3O. The molecule has 24 heavy (non-hydrogen) atoms. The van der Waals surface area contributed by atoms with Gasteiger partial charge in [-0.15, -0.1) is 0 Å². The van der Waals surface area contributed by atoms with Crippen LogP contribution in [-0.2, 0) is 0 Å². The normalized spacial score (nSPS) is 18.6. The van der Waals surface area contributed by atoms with E-state index in [9.17, 15) is 4.79 Å². The van der Waals surface area contributed by atoms with E-state index >= 15 is 0 Å². The molecule has 134 valence electrons. The van der Waals surface area contributed by atoms with Gasteiger partial charge in [-0.05, 0) is 71.3 Å². The Kier molecular flexibility index (Phi) is 7.10. The van der Waals surface area contributed by atoms with Crippen molar-refractivity contribution in [2.24, 2.45) is 0 Å². The van der Waals surface area contributed by atoms with Crippen molar-refractivity contribution in [2.45, 2.75) is 59.0 Å². The van der Waals surface area contributed by atoms with Crippen molar-refractivity contribution >= 4 is 11.6 Å². The highest BCUT2D eigenvalue weighted by Gasteiger charge is 2.17. The standard InChI is InChI=1S/C20H33N3O/c1-5-23(16(2)3)19-11-9-18(10-12-19)20(24)21-13-15-22-14-7-6-8-17(22)4/h9-12,16-17H,5-8,13-15H2,1-4H3,(H,21,24). The monoisotopic (exact) mass is 331 g/mol. The molecule has 0 radical (unpaired) electrons. The lowest BCUT2D eigenvalue weighted by Crippen LogP contribution is -2.42. The number of piperidine rings is 1. The van der Waals surface area contributed by atoms with Gasteiger partial charge in [0, 0.05) is 43.0 Å². The van der Waals surface area contributed by atoms with Crippen LogP contribution in [-0.4, -0.2) is 49.1 Å². The number of amides is 1. The van der Waals surface area contributed by atoms with Gasteiger partial charge >= 0.3 is 0 Å². The van der Waals surface area contributed by atoms with Crippen LogP contribution in [0.5, 0.6) is 0 Å². The quantitative estimate of drug-likeness (QED) is 0.830. The maximum atomic E-state index is 12.3. The molecule has 1 aromatic carbocycles. The Balaban J connectivity index is 1.84. The number of likely N-dealkylation sites (tertiary alicyclic amines) is 1. The number of carbonyl (C=O) groups excluding carboxylic acids is 1. The second kappa shape index (κ2) is 9.07. The van der Waals surface area contributed by atoms with Crippen molar-refractivity contribution in [1.82, 2.24) is 10.2 Å². The average molecular weight is 332 g/mol. The number of nitrogens with one attached hydrogen (secondary N) is 1. The topological polar surface area (TPSA) is 35.6 Å². The Bertz CT molecular complexity index is 512. The molecule has 1 N–H and O–H groups in total. The molecule has 0 spiro atoms. The summed E-state index contributed by atoms with van der Waals surface area (Å²) in [6.07, 6.45) is 3.89. The number of nitrogens with zero attached hydrogens (tertiary/aromatic N) is 2. The highest BCUT2D eigenvalue weighted by Crippen LogP contribution is 2.18. The van der Waals surface area contributed by atoms with Gasteiger partial charge in [0.15, 0.2) is 0 Å². The van der Waals surface area contributed by atoms with E-state index in [0.717, 1.165) is 31.7 Å². The van der Waals surface area contributed by atoms with Gasteiger partial charge in [-0.25, -0.2) is 0 Å². The fourth-order valence-electron chi connectivity index (χ4n) is 3.56. The molecule has 1 amide bonds. The van der Waals surface area contributed by atoms with Crippen molar-refractivity contribution < 1.29 is 4.79 Å². The largest absolute Gasteiger partial charge is 0.369 e. The molecule has 1 aliphatic heterocycles. The van der Waals surface area contributed by atoms with Crippen LogP contribution >= 0.6 is 0 Å². The van der Waals surface area contributed by atoms with Crippen LogP contribution < -0.4 is 10.2 Å². The van der Waals surface area contributed by atoms with Gasteiger partial charge in [0.2, 0.25) is 0 Å². The van der Waals surface area contributed by atoms with Crippen molar-refractivity contribution in [3.05, 3.63) is 29.8 Å². The molecule has 4 nitrogen and oxygen atoms in total. The first-order valence-corrected chi connectivity index (χ1v) is 9.42. The number of rotatable bonds is 7. The zero-order valence-corrected chi connectivity index (χ0v) is 15.7.